The van der Waals surface area contributed by atoms with Crippen LogP contribution < -0.4 is 0 Å². The first-order valence-electron chi connectivity index (χ1n) is 6.16. The third kappa shape index (κ3) is 4.52. The molecule has 1 heterocycles. The van der Waals surface area contributed by atoms with Crippen molar-refractivity contribution in [3.8, 4) is 0 Å². The highest BCUT2D eigenvalue weighted by molar-refractivity contribution is 5.68. The van der Waals surface area contributed by atoms with Crippen molar-refractivity contribution < 1.29 is 14.6 Å². The minimum Gasteiger partial charge on any atom is -0.449 e. The third-order valence-corrected chi connectivity index (χ3v) is 2.74. The first kappa shape index (κ1) is 14.3. The lowest BCUT2D eigenvalue weighted by atomic mass is 10.2. The van der Waals surface area contributed by atoms with Gasteiger partial charge in [0.05, 0.1) is 25.3 Å². The van der Waals surface area contributed by atoms with Gasteiger partial charge in [0.15, 0.2) is 0 Å². The second-order valence-corrected chi connectivity index (χ2v) is 5.43. The van der Waals surface area contributed by atoms with E-state index in [9.17, 15) is 9.90 Å². The van der Waals surface area contributed by atoms with Crippen LogP contribution in [0.25, 0.3) is 0 Å². The van der Waals surface area contributed by atoms with Crippen molar-refractivity contribution in [2.45, 2.75) is 32.4 Å². The molecular formula is C12H24N2O3. The molecule has 0 saturated carbocycles. The number of hydrogen-bond acceptors (Lipinski definition) is 4. The van der Waals surface area contributed by atoms with E-state index in [1.165, 1.54) is 0 Å². The molecule has 2 atom stereocenters. The number of β-amino-alcohol motifs (C(OH)–C–C–N with tert-alkyl or cyclic N) is 1. The zero-order valence-corrected chi connectivity index (χ0v) is 11.2. The summed E-state index contributed by atoms with van der Waals surface area (Å²) in [5.41, 5.74) is 0. The van der Waals surface area contributed by atoms with Crippen molar-refractivity contribution in [2.24, 2.45) is 5.92 Å². The van der Waals surface area contributed by atoms with Gasteiger partial charge < -0.3 is 19.6 Å². The van der Waals surface area contributed by atoms with Crippen molar-refractivity contribution >= 4 is 6.09 Å². The minimum atomic E-state index is -0.424. The number of ether oxygens (including phenoxy) is 1. The monoisotopic (exact) mass is 244 g/mol. The zero-order valence-electron chi connectivity index (χ0n) is 11.2. The van der Waals surface area contributed by atoms with Gasteiger partial charge in [0.25, 0.3) is 0 Å². The Kier molecular flexibility index (Phi) is 5.21. The maximum Gasteiger partial charge on any atom is 0.410 e. The van der Waals surface area contributed by atoms with E-state index < -0.39 is 6.10 Å². The summed E-state index contributed by atoms with van der Waals surface area (Å²) in [5.74, 6) is 0.332. The van der Waals surface area contributed by atoms with E-state index in [1.807, 2.05) is 32.8 Å². The Bertz CT molecular complexity index is 256. The van der Waals surface area contributed by atoms with Crippen LogP contribution in [0.15, 0.2) is 0 Å². The number of rotatable bonds is 4. The van der Waals surface area contributed by atoms with Crippen molar-refractivity contribution in [3.63, 3.8) is 0 Å². The Morgan fingerprint density at radius 2 is 2.18 bits per heavy atom. The minimum absolute atomic E-state index is 0.0552. The number of carbonyl (C=O) groups excluding carboxylic acids is 1. The number of aliphatic hydroxyl groups is 1. The molecule has 0 spiro atoms. The van der Waals surface area contributed by atoms with Gasteiger partial charge in [-0.1, -0.05) is 13.8 Å². The summed E-state index contributed by atoms with van der Waals surface area (Å²) in [6.45, 7) is 5.58. The van der Waals surface area contributed by atoms with Gasteiger partial charge in [0, 0.05) is 6.54 Å². The number of amides is 1. The highest BCUT2D eigenvalue weighted by Crippen LogP contribution is 2.19. The van der Waals surface area contributed by atoms with Gasteiger partial charge in [-0.3, -0.25) is 0 Å². The molecular weight excluding hydrogens is 220 g/mol. The topological polar surface area (TPSA) is 53.0 Å². The standard InChI is InChI=1S/C12H24N2O3/c1-9(2)8-17-12(16)14-7-11(15)5-10(14)6-13(3)4/h9-11,15H,5-8H2,1-4H3. The Morgan fingerprint density at radius 3 is 2.71 bits per heavy atom. The van der Waals surface area contributed by atoms with E-state index in [0.717, 1.165) is 6.54 Å². The second kappa shape index (κ2) is 6.21. The van der Waals surface area contributed by atoms with Crippen molar-refractivity contribution in [3.05, 3.63) is 0 Å². The Morgan fingerprint density at radius 1 is 1.53 bits per heavy atom. The normalized spacial score (nSPS) is 24.8. The molecule has 0 aliphatic carbocycles. The van der Waals surface area contributed by atoms with Gasteiger partial charge in [-0.15, -0.1) is 0 Å². The van der Waals surface area contributed by atoms with Crippen molar-refractivity contribution in [1.82, 2.24) is 9.80 Å². The maximum atomic E-state index is 11.9. The highest BCUT2D eigenvalue weighted by atomic mass is 16.6. The SMILES string of the molecule is CC(C)COC(=O)N1CC(O)CC1CN(C)C. The Hall–Kier alpha value is -0.810. The summed E-state index contributed by atoms with van der Waals surface area (Å²) < 4.78 is 5.20. The molecule has 17 heavy (non-hydrogen) atoms. The summed E-state index contributed by atoms with van der Waals surface area (Å²) in [6.07, 6.45) is -0.0942. The summed E-state index contributed by atoms with van der Waals surface area (Å²) in [7, 11) is 3.92. The van der Waals surface area contributed by atoms with Crippen LogP contribution in [0.1, 0.15) is 20.3 Å². The van der Waals surface area contributed by atoms with Crippen LogP contribution in [0.5, 0.6) is 0 Å². The molecule has 1 amide bonds. The molecule has 1 fully saturated rings. The fourth-order valence-corrected chi connectivity index (χ4v) is 2.03. The van der Waals surface area contributed by atoms with E-state index in [1.54, 1.807) is 4.90 Å². The molecule has 1 aliphatic rings. The van der Waals surface area contributed by atoms with Crippen LogP contribution in [0, 0.1) is 5.92 Å². The quantitative estimate of drug-likeness (QED) is 0.794. The van der Waals surface area contributed by atoms with Crippen LogP contribution in [0.3, 0.4) is 0 Å². The number of likely N-dealkylation sites (tertiary alicyclic amines) is 1. The molecule has 2 unspecified atom stereocenters. The van der Waals surface area contributed by atoms with Crippen molar-refractivity contribution in [2.75, 3.05) is 33.8 Å². The Balaban J connectivity index is 2.51. The van der Waals surface area contributed by atoms with Crippen molar-refractivity contribution in [1.29, 1.82) is 0 Å². The second-order valence-electron chi connectivity index (χ2n) is 5.43. The maximum absolute atomic E-state index is 11.9. The fraction of sp³-hybridized carbons (Fsp3) is 0.917. The van der Waals surface area contributed by atoms with Gasteiger partial charge in [-0.2, -0.15) is 0 Å². The number of carbonyl (C=O) groups is 1. The summed E-state index contributed by atoms with van der Waals surface area (Å²) in [5, 5.41) is 9.64. The molecule has 1 rings (SSSR count). The smallest absolute Gasteiger partial charge is 0.410 e. The highest BCUT2D eigenvalue weighted by Gasteiger charge is 2.35. The lowest BCUT2D eigenvalue weighted by Gasteiger charge is -2.26. The molecule has 1 aliphatic heterocycles. The summed E-state index contributed by atoms with van der Waals surface area (Å²) >= 11 is 0. The molecule has 0 aromatic rings. The average Bonchev–Trinajstić information content (AvgIpc) is 2.54. The molecule has 0 aromatic carbocycles. The third-order valence-electron chi connectivity index (χ3n) is 2.74. The van der Waals surface area contributed by atoms with Gasteiger partial charge in [-0.05, 0) is 26.4 Å². The lowest BCUT2D eigenvalue weighted by molar-refractivity contribution is 0.0807. The van der Waals surface area contributed by atoms with Crippen LogP contribution in [0.4, 0.5) is 4.79 Å². The van der Waals surface area contributed by atoms with Gasteiger partial charge in [-0.25, -0.2) is 4.79 Å². The molecule has 100 valence electrons. The van der Waals surface area contributed by atoms with E-state index in [0.29, 0.717) is 25.5 Å². The van der Waals surface area contributed by atoms with E-state index in [2.05, 4.69) is 0 Å². The first-order chi connectivity index (χ1) is 7.90. The summed E-state index contributed by atoms with van der Waals surface area (Å²) in [6, 6.07) is 0.0552. The fourth-order valence-electron chi connectivity index (χ4n) is 2.03. The average molecular weight is 244 g/mol. The van der Waals surface area contributed by atoms with Gasteiger partial charge in [0.2, 0.25) is 0 Å². The van der Waals surface area contributed by atoms with E-state index in [-0.39, 0.29) is 12.1 Å². The molecule has 5 nitrogen and oxygen atoms in total. The predicted octanol–water partition coefficient (Wildman–Crippen LogP) is 0.776. The predicted molar refractivity (Wildman–Crippen MR) is 65.9 cm³/mol. The number of aliphatic hydroxyl groups excluding tert-OH is 1. The van der Waals surface area contributed by atoms with Crippen LogP contribution >= 0.6 is 0 Å². The van der Waals surface area contributed by atoms with E-state index in [4.69, 9.17) is 4.74 Å². The van der Waals surface area contributed by atoms with Gasteiger partial charge in [0.1, 0.15) is 0 Å². The largest absolute Gasteiger partial charge is 0.449 e. The zero-order chi connectivity index (χ0) is 13.0. The molecule has 5 heteroatoms. The summed E-state index contributed by atoms with van der Waals surface area (Å²) in [4.78, 5) is 15.5. The molecule has 0 bridgehead atoms. The number of likely N-dealkylation sites (N-methyl/N-ethyl adjacent to an activating group) is 1. The molecule has 1 saturated heterocycles. The lowest BCUT2D eigenvalue weighted by Crippen LogP contribution is -2.42. The molecule has 1 N–H and O–H groups in total. The number of nitrogens with zero attached hydrogens (tertiary/aromatic N) is 2. The molecule has 0 radical (unpaired) electrons. The van der Waals surface area contributed by atoms with Crippen LogP contribution in [-0.4, -0.2) is 66.9 Å². The van der Waals surface area contributed by atoms with Gasteiger partial charge >= 0.3 is 6.09 Å². The number of hydrogen-bond donors (Lipinski definition) is 1. The Labute approximate surface area is 103 Å². The van der Waals surface area contributed by atoms with E-state index >= 15 is 0 Å². The van der Waals surface area contributed by atoms with Crippen LogP contribution in [-0.2, 0) is 4.74 Å². The first-order valence-corrected chi connectivity index (χ1v) is 6.16. The molecule has 0 aromatic heterocycles. The van der Waals surface area contributed by atoms with Crippen LogP contribution in [0.2, 0.25) is 0 Å².